The van der Waals surface area contributed by atoms with Crippen molar-refractivity contribution in [2.75, 3.05) is 18.0 Å². The number of aryl methyl sites for hydroxylation is 1. The summed E-state index contributed by atoms with van der Waals surface area (Å²) < 4.78 is 0. The van der Waals surface area contributed by atoms with E-state index >= 15 is 0 Å². The number of anilines is 1. The predicted molar refractivity (Wildman–Crippen MR) is 91.8 cm³/mol. The molecule has 0 bridgehead atoms. The van der Waals surface area contributed by atoms with Crippen molar-refractivity contribution in [3.63, 3.8) is 0 Å². The largest absolute Gasteiger partial charge is 0.508 e. The number of aromatic hydroxyl groups is 1. The van der Waals surface area contributed by atoms with Gasteiger partial charge in [0.1, 0.15) is 17.1 Å². The number of nitrogens with zero attached hydrogens (tertiary/aromatic N) is 3. The van der Waals surface area contributed by atoms with Crippen molar-refractivity contribution in [1.82, 2.24) is 15.0 Å². The third kappa shape index (κ3) is 2.63. The molecule has 4 rings (SSSR count). The van der Waals surface area contributed by atoms with E-state index in [2.05, 4.69) is 19.9 Å². The lowest BCUT2D eigenvalue weighted by molar-refractivity contribution is 0.475. The minimum atomic E-state index is 0.264. The number of piperidine rings is 1. The molecule has 2 N–H and O–H groups in total. The van der Waals surface area contributed by atoms with Crippen LogP contribution >= 0.6 is 0 Å². The number of hydrogen-bond donors (Lipinski definition) is 2. The second kappa shape index (κ2) is 5.57. The smallest absolute Gasteiger partial charge is 0.156 e. The Kier molecular flexibility index (Phi) is 3.41. The molecular weight excluding hydrogens is 288 g/mol. The molecular formula is C18H20N4O. The van der Waals surface area contributed by atoms with Gasteiger partial charge in [0.2, 0.25) is 0 Å². The zero-order valence-corrected chi connectivity index (χ0v) is 13.2. The van der Waals surface area contributed by atoms with E-state index in [-0.39, 0.29) is 5.75 Å². The van der Waals surface area contributed by atoms with Gasteiger partial charge in [-0.1, -0.05) is 12.1 Å². The van der Waals surface area contributed by atoms with Crippen molar-refractivity contribution >= 4 is 16.9 Å². The number of nitrogens with one attached hydrogen (secondary N) is 1. The van der Waals surface area contributed by atoms with Crippen LogP contribution in [0.5, 0.6) is 5.75 Å². The quantitative estimate of drug-likeness (QED) is 0.759. The van der Waals surface area contributed by atoms with E-state index in [4.69, 9.17) is 0 Å². The van der Waals surface area contributed by atoms with Crippen molar-refractivity contribution < 1.29 is 5.11 Å². The van der Waals surface area contributed by atoms with E-state index in [0.29, 0.717) is 0 Å². The summed E-state index contributed by atoms with van der Waals surface area (Å²) >= 11 is 0. The van der Waals surface area contributed by atoms with Crippen molar-refractivity contribution in [2.24, 2.45) is 0 Å². The first-order chi connectivity index (χ1) is 11.2. The summed E-state index contributed by atoms with van der Waals surface area (Å²) in [5, 5.41) is 9.70. The molecule has 3 aromatic rings. The van der Waals surface area contributed by atoms with Crippen LogP contribution < -0.4 is 4.90 Å². The number of H-pyrrole nitrogens is 1. The minimum Gasteiger partial charge on any atom is -0.508 e. The molecule has 1 saturated heterocycles. The number of aromatic nitrogens is 3. The van der Waals surface area contributed by atoms with Crippen LogP contribution in [0.25, 0.3) is 22.3 Å². The number of fused-ring (bicyclic) bond motifs is 1. The Bertz CT molecular complexity index is 849. The molecule has 0 aliphatic carbocycles. The van der Waals surface area contributed by atoms with Gasteiger partial charge in [-0.15, -0.1) is 0 Å². The van der Waals surface area contributed by atoms with Gasteiger partial charge in [-0.05, 0) is 44.4 Å². The maximum atomic E-state index is 9.70. The van der Waals surface area contributed by atoms with Gasteiger partial charge in [0.25, 0.3) is 0 Å². The Labute approximate surface area is 135 Å². The number of phenols is 1. The minimum absolute atomic E-state index is 0.264. The highest BCUT2D eigenvalue weighted by atomic mass is 16.3. The fourth-order valence-electron chi connectivity index (χ4n) is 3.27. The van der Waals surface area contributed by atoms with E-state index < -0.39 is 0 Å². The Morgan fingerprint density at radius 2 is 1.91 bits per heavy atom. The molecule has 5 heteroatoms. The van der Waals surface area contributed by atoms with E-state index in [1.165, 1.54) is 19.3 Å². The normalized spacial score (nSPS) is 15.3. The maximum absolute atomic E-state index is 9.70. The number of hydrogen-bond acceptors (Lipinski definition) is 4. The van der Waals surface area contributed by atoms with Crippen molar-refractivity contribution in [3.8, 4) is 17.0 Å². The molecule has 0 amide bonds. The van der Waals surface area contributed by atoms with Crippen LogP contribution in [0.2, 0.25) is 0 Å². The second-order valence-electron chi connectivity index (χ2n) is 6.14. The summed E-state index contributed by atoms with van der Waals surface area (Å²) in [5.74, 6) is 2.05. The van der Waals surface area contributed by atoms with Crippen molar-refractivity contribution in [2.45, 2.75) is 26.2 Å². The van der Waals surface area contributed by atoms with Crippen LogP contribution in [0, 0.1) is 6.92 Å². The Hall–Kier alpha value is -2.56. The summed E-state index contributed by atoms with van der Waals surface area (Å²) in [7, 11) is 0. The molecule has 118 valence electrons. The molecule has 0 spiro atoms. The zero-order chi connectivity index (χ0) is 15.8. The van der Waals surface area contributed by atoms with Gasteiger partial charge in [0, 0.05) is 24.3 Å². The highest BCUT2D eigenvalue weighted by Gasteiger charge is 2.18. The highest BCUT2D eigenvalue weighted by Crippen LogP contribution is 2.31. The molecule has 0 unspecified atom stereocenters. The third-order valence-electron chi connectivity index (χ3n) is 4.38. The molecule has 0 radical (unpaired) electrons. The van der Waals surface area contributed by atoms with Gasteiger partial charge in [0.15, 0.2) is 5.82 Å². The molecule has 0 saturated carbocycles. The number of aromatic amines is 1. The Balaban J connectivity index is 1.84. The lowest BCUT2D eigenvalue weighted by Crippen LogP contribution is -2.30. The van der Waals surface area contributed by atoms with Crippen molar-refractivity contribution in [1.29, 1.82) is 0 Å². The summed E-state index contributed by atoms with van der Waals surface area (Å²) in [4.78, 5) is 15.1. The number of phenolic OH excluding ortho intramolecular Hbond substituents is 1. The fourth-order valence-corrected chi connectivity index (χ4v) is 3.27. The lowest BCUT2D eigenvalue weighted by Gasteiger charge is -2.28. The van der Waals surface area contributed by atoms with Gasteiger partial charge in [-0.3, -0.25) is 0 Å². The first kappa shape index (κ1) is 14.1. The summed E-state index contributed by atoms with van der Waals surface area (Å²) in [5.41, 5.74) is 3.81. The van der Waals surface area contributed by atoms with Gasteiger partial charge >= 0.3 is 0 Å². The SMILES string of the molecule is Cc1nc(N2CCCCC2)c2[nH]c(-c3cccc(O)c3)cc2n1. The molecule has 1 aromatic carbocycles. The first-order valence-electron chi connectivity index (χ1n) is 8.12. The van der Waals surface area contributed by atoms with Gasteiger partial charge in [0.05, 0.1) is 5.52 Å². The number of rotatable bonds is 2. The Morgan fingerprint density at radius 1 is 1.09 bits per heavy atom. The Morgan fingerprint density at radius 3 is 2.70 bits per heavy atom. The molecule has 5 nitrogen and oxygen atoms in total. The van der Waals surface area contributed by atoms with E-state index in [0.717, 1.165) is 47.0 Å². The topological polar surface area (TPSA) is 65.0 Å². The van der Waals surface area contributed by atoms with Gasteiger partial charge in [-0.25, -0.2) is 9.97 Å². The standard InChI is InChI=1S/C18H20N4O/c1-12-19-16-11-15(13-6-5-7-14(23)10-13)21-17(16)18(20-12)22-8-3-2-4-9-22/h5-7,10-11,21,23H,2-4,8-9H2,1H3. The monoisotopic (exact) mass is 308 g/mol. The highest BCUT2D eigenvalue weighted by molar-refractivity contribution is 5.91. The molecule has 23 heavy (non-hydrogen) atoms. The molecule has 2 aromatic heterocycles. The van der Waals surface area contributed by atoms with Crippen LogP contribution in [0.4, 0.5) is 5.82 Å². The third-order valence-corrected chi connectivity index (χ3v) is 4.38. The van der Waals surface area contributed by atoms with Crippen LogP contribution in [0.1, 0.15) is 25.1 Å². The van der Waals surface area contributed by atoms with Crippen LogP contribution in [0.15, 0.2) is 30.3 Å². The van der Waals surface area contributed by atoms with Crippen LogP contribution in [-0.2, 0) is 0 Å². The molecule has 1 fully saturated rings. The predicted octanol–water partition coefficient (Wildman–Crippen LogP) is 3.63. The average Bonchev–Trinajstić information content (AvgIpc) is 2.99. The first-order valence-corrected chi connectivity index (χ1v) is 8.12. The van der Waals surface area contributed by atoms with Crippen molar-refractivity contribution in [3.05, 3.63) is 36.2 Å². The lowest BCUT2D eigenvalue weighted by atomic mass is 10.1. The molecule has 0 atom stereocenters. The molecule has 1 aliphatic rings. The maximum Gasteiger partial charge on any atom is 0.156 e. The summed E-state index contributed by atoms with van der Waals surface area (Å²) in [6, 6.07) is 9.29. The second-order valence-corrected chi connectivity index (χ2v) is 6.14. The fraction of sp³-hybridized carbons (Fsp3) is 0.333. The van der Waals surface area contributed by atoms with E-state index in [1.807, 2.05) is 25.1 Å². The average molecular weight is 308 g/mol. The number of benzene rings is 1. The van der Waals surface area contributed by atoms with Gasteiger partial charge < -0.3 is 15.0 Å². The molecule has 1 aliphatic heterocycles. The van der Waals surface area contributed by atoms with E-state index in [1.54, 1.807) is 12.1 Å². The summed E-state index contributed by atoms with van der Waals surface area (Å²) in [6.45, 7) is 4.03. The van der Waals surface area contributed by atoms with Crippen LogP contribution in [0.3, 0.4) is 0 Å². The molecule has 3 heterocycles. The van der Waals surface area contributed by atoms with Crippen LogP contribution in [-0.4, -0.2) is 33.1 Å². The van der Waals surface area contributed by atoms with E-state index in [9.17, 15) is 5.11 Å². The van der Waals surface area contributed by atoms with Gasteiger partial charge in [-0.2, -0.15) is 0 Å². The zero-order valence-electron chi connectivity index (χ0n) is 13.2. The summed E-state index contributed by atoms with van der Waals surface area (Å²) in [6.07, 6.45) is 3.72.